The van der Waals surface area contributed by atoms with E-state index in [0.29, 0.717) is 38.5 Å². The van der Waals surface area contributed by atoms with Gasteiger partial charge in [-0.1, -0.05) is 20.8 Å². The van der Waals surface area contributed by atoms with Crippen molar-refractivity contribution >= 4 is 11.8 Å². The molecule has 7 nitrogen and oxygen atoms in total. The molecule has 1 unspecified atom stereocenters. The topological polar surface area (TPSA) is 67.7 Å². The number of hydrogen-bond donors (Lipinski definition) is 0. The third-order valence-corrected chi connectivity index (χ3v) is 4.95. The molecule has 0 aliphatic carbocycles. The van der Waals surface area contributed by atoms with Crippen LogP contribution in [0.25, 0.3) is 0 Å². The quantitative estimate of drug-likeness (QED) is 0.805. The molecule has 2 aliphatic heterocycles. The molecule has 3 rings (SSSR count). The van der Waals surface area contributed by atoms with Crippen molar-refractivity contribution in [2.45, 2.75) is 45.1 Å². The monoisotopic (exact) mass is 348 g/mol. The van der Waals surface area contributed by atoms with Gasteiger partial charge in [-0.25, -0.2) is 0 Å². The van der Waals surface area contributed by atoms with Crippen LogP contribution in [0.15, 0.2) is 6.07 Å². The molecule has 2 amide bonds. The van der Waals surface area contributed by atoms with Gasteiger partial charge >= 0.3 is 0 Å². The molecule has 0 saturated carbocycles. The van der Waals surface area contributed by atoms with Gasteiger partial charge < -0.3 is 14.5 Å². The predicted molar refractivity (Wildman–Crippen MR) is 93.4 cm³/mol. The lowest BCUT2D eigenvalue weighted by molar-refractivity contribution is -0.142. The maximum absolute atomic E-state index is 12.8. The molecule has 7 heteroatoms. The summed E-state index contributed by atoms with van der Waals surface area (Å²) >= 11 is 0. The Balaban J connectivity index is 1.62. The molecular weight excluding hydrogens is 320 g/mol. The second kappa shape index (κ2) is 6.78. The van der Waals surface area contributed by atoms with Crippen molar-refractivity contribution in [1.29, 1.82) is 0 Å². The number of carbonyl (C=O) groups is 2. The fraction of sp³-hybridized carbons (Fsp3) is 0.722. The number of carbonyl (C=O) groups excluding carboxylic acids is 2. The summed E-state index contributed by atoms with van der Waals surface area (Å²) in [6, 6.07) is 1.88. The summed E-state index contributed by atoms with van der Waals surface area (Å²) in [6.45, 7) is 9.14. The smallest absolute Gasteiger partial charge is 0.272 e. The van der Waals surface area contributed by atoms with Crippen LogP contribution in [0.4, 0.5) is 0 Å². The van der Waals surface area contributed by atoms with Crippen molar-refractivity contribution in [2.24, 2.45) is 7.05 Å². The summed E-state index contributed by atoms with van der Waals surface area (Å²) in [5.41, 5.74) is 1.41. The molecule has 1 aromatic heterocycles. The van der Waals surface area contributed by atoms with Crippen molar-refractivity contribution in [3.05, 3.63) is 17.5 Å². The summed E-state index contributed by atoms with van der Waals surface area (Å²) in [5, 5.41) is 4.48. The van der Waals surface area contributed by atoms with E-state index in [1.807, 2.05) is 15.9 Å². The average molecular weight is 348 g/mol. The van der Waals surface area contributed by atoms with Crippen LogP contribution in [-0.4, -0.2) is 70.3 Å². The number of aryl methyl sites for hydroxylation is 1. The number of hydrogen-bond acceptors (Lipinski definition) is 4. The van der Waals surface area contributed by atoms with Crippen molar-refractivity contribution in [1.82, 2.24) is 19.6 Å². The first-order valence-electron chi connectivity index (χ1n) is 9.01. The van der Waals surface area contributed by atoms with E-state index >= 15 is 0 Å². The van der Waals surface area contributed by atoms with Gasteiger partial charge in [0.1, 0.15) is 11.8 Å². The first-order valence-corrected chi connectivity index (χ1v) is 9.01. The van der Waals surface area contributed by atoms with Crippen LogP contribution >= 0.6 is 0 Å². The third-order valence-electron chi connectivity index (χ3n) is 4.95. The molecular formula is C18H28N4O3. The van der Waals surface area contributed by atoms with E-state index < -0.39 is 0 Å². The zero-order chi connectivity index (χ0) is 18.2. The fourth-order valence-electron chi connectivity index (χ4n) is 3.30. The van der Waals surface area contributed by atoms with E-state index in [9.17, 15) is 9.59 Å². The van der Waals surface area contributed by atoms with Gasteiger partial charge in [0.05, 0.1) is 5.69 Å². The SMILES string of the molecule is Cn1nc(C(C)(C)C)cc1C(=O)N1CCN(C(=O)C2CCCO2)CC1. The lowest BCUT2D eigenvalue weighted by atomic mass is 9.92. The fourth-order valence-corrected chi connectivity index (χ4v) is 3.30. The van der Waals surface area contributed by atoms with Gasteiger partial charge in [0.2, 0.25) is 0 Å². The first-order chi connectivity index (χ1) is 11.8. The zero-order valence-corrected chi connectivity index (χ0v) is 15.6. The number of piperazine rings is 1. The second-order valence-electron chi connectivity index (χ2n) is 7.91. The van der Waals surface area contributed by atoms with E-state index in [0.717, 1.165) is 18.5 Å². The summed E-state index contributed by atoms with van der Waals surface area (Å²) in [6.07, 6.45) is 1.47. The number of aromatic nitrogens is 2. The highest BCUT2D eigenvalue weighted by Gasteiger charge is 2.32. The molecule has 1 atom stereocenters. The lowest BCUT2D eigenvalue weighted by Crippen LogP contribution is -2.53. The van der Waals surface area contributed by atoms with E-state index in [2.05, 4.69) is 25.9 Å². The highest BCUT2D eigenvalue weighted by atomic mass is 16.5. The Bertz CT molecular complexity index is 648. The molecule has 0 radical (unpaired) electrons. The first kappa shape index (κ1) is 17.9. The molecule has 3 heterocycles. The Morgan fingerprint density at radius 3 is 2.32 bits per heavy atom. The minimum absolute atomic E-state index is 0.0188. The van der Waals surface area contributed by atoms with Crippen LogP contribution in [0.1, 0.15) is 49.8 Å². The van der Waals surface area contributed by atoms with Crippen LogP contribution in [-0.2, 0) is 22.0 Å². The lowest BCUT2D eigenvalue weighted by Gasteiger charge is -2.35. The summed E-state index contributed by atoms with van der Waals surface area (Å²) < 4.78 is 7.14. The molecule has 25 heavy (non-hydrogen) atoms. The van der Waals surface area contributed by atoms with E-state index in [1.165, 1.54) is 0 Å². The van der Waals surface area contributed by atoms with Crippen LogP contribution in [0.2, 0.25) is 0 Å². The standard InChI is InChI=1S/C18H28N4O3/c1-18(2,3)15-12-13(20(4)19-15)16(23)21-7-9-22(10-8-21)17(24)14-6-5-11-25-14/h12,14H,5-11H2,1-4H3. The Labute approximate surface area is 148 Å². The van der Waals surface area contributed by atoms with Crippen molar-refractivity contribution in [3.8, 4) is 0 Å². The van der Waals surface area contributed by atoms with Gasteiger partial charge in [-0.2, -0.15) is 5.10 Å². The predicted octanol–water partition coefficient (Wildman–Crippen LogP) is 1.18. The Kier molecular flexibility index (Phi) is 4.86. The van der Waals surface area contributed by atoms with Gasteiger partial charge in [0.25, 0.3) is 11.8 Å². The molecule has 2 aliphatic rings. The molecule has 0 spiro atoms. The van der Waals surface area contributed by atoms with Crippen LogP contribution in [0.3, 0.4) is 0 Å². The number of amides is 2. The van der Waals surface area contributed by atoms with Gasteiger partial charge in [0.15, 0.2) is 0 Å². The van der Waals surface area contributed by atoms with Crippen molar-refractivity contribution in [3.63, 3.8) is 0 Å². The maximum atomic E-state index is 12.8. The average Bonchev–Trinajstić information content (AvgIpc) is 3.23. The summed E-state index contributed by atoms with van der Waals surface area (Å²) in [5.74, 6) is 0.0508. The van der Waals surface area contributed by atoms with Crippen LogP contribution < -0.4 is 0 Å². The second-order valence-corrected chi connectivity index (χ2v) is 7.91. The van der Waals surface area contributed by atoms with Crippen LogP contribution in [0, 0.1) is 0 Å². The van der Waals surface area contributed by atoms with E-state index in [-0.39, 0.29) is 23.3 Å². The van der Waals surface area contributed by atoms with E-state index in [4.69, 9.17) is 4.74 Å². The van der Waals surface area contributed by atoms with Gasteiger partial charge in [0, 0.05) is 45.2 Å². The Morgan fingerprint density at radius 1 is 1.16 bits per heavy atom. The summed E-state index contributed by atoms with van der Waals surface area (Å²) in [4.78, 5) is 28.9. The molecule has 1 aromatic rings. The molecule has 0 aromatic carbocycles. The van der Waals surface area contributed by atoms with Gasteiger partial charge in [-0.15, -0.1) is 0 Å². The minimum Gasteiger partial charge on any atom is -0.368 e. The van der Waals surface area contributed by atoms with Crippen molar-refractivity contribution in [2.75, 3.05) is 32.8 Å². The third kappa shape index (κ3) is 3.71. The van der Waals surface area contributed by atoms with Crippen LogP contribution in [0.5, 0.6) is 0 Å². The number of ether oxygens (including phenoxy) is 1. The molecule has 0 bridgehead atoms. The van der Waals surface area contributed by atoms with E-state index in [1.54, 1.807) is 11.7 Å². The molecule has 2 saturated heterocycles. The van der Waals surface area contributed by atoms with Crippen molar-refractivity contribution < 1.29 is 14.3 Å². The largest absolute Gasteiger partial charge is 0.368 e. The summed E-state index contributed by atoms with van der Waals surface area (Å²) in [7, 11) is 1.81. The Hall–Kier alpha value is -1.89. The Morgan fingerprint density at radius 2 is 1.80 bits per heavy atom. The van der Waals surface area contributed by atoms with Gasteiger partial charge in [-0.05, 0) is 18.9 Å². The zero-order valence-electron chi connectivity index (χ0n) is 15.6. The highest BCUT2D eigenvalue weighted by Crippen LogP contribution is 2.22. The number of rotatable bonds is 2. The number of nitrogens with zero attached hydrogens (tertiary/aromatic N) is 4. The highest BCUT2D eigenvalue weighted by molar-refractivity contribution is 5.93. The maximum Gasteiger partial charge on any atom is 0.272 e. The van der Waals surface area contributed by atoms with Gasteiger partial charge in [-0.3, -0.25) is 14.3 Å². The minimum atomic E-state index is -0.284. The normalized spacial score (nSPS) is 21.7. The molecule has 2 fully saturated rings. The molecule has 0 N–H and O–H groups in total. The molecule has 138 valence electrons.